The van der Waals surface area contributed by atoms with E-state index in [-0.39, 0.29) is 0 Å². The van der Waals surface area contributed by atoms with E-state index in [1.165, 1.54) is 10.9 Å². The normalized spacial score (nSPS) is 11.2. The monoisotopic (exact) mass is 378 g/mol. The van der Waals surface area contributed by atoms with Crippen molar-refractivity contribution in [1.82, 2.24) is 9.55 Å². The van der Waals surface area contributed by atoms with E-state index >= 15 is 0 Å². The molecule has 5 rings (SSSR count). The van der Waals surface area contributed by atoms with Gasteiger partial charge < -0.3 is 9.67 Å². The fourth-order valence-electron chi connectivity index (χ4n) is 3.71. The molecule has 5 aromatic rings. The second kappa shape index (κ2) is 6.91. The van der Waals surface area contributed by atoms with Gasteiger partial charge in [0.1, 0.15) is 0 Å². The largest absolute Gasteiger partial charge is 0.478 e. The molecular weight excluding hydrogens is 360 g/mol. The van der Waals surface area contributed by atoms with Crippen LogP contribution in [-0.4, -0.2) is 20.6 Å². The third-order valence-corrected chi connectivity index (χ3v) is 5.25. The number of hydrogen-bond donors (Lipinski definition) is 1. The van der Waals surface area contributed by atoms with Gasteiger partial charge in [0.25, 0.3) is 0 Å². The lowest BCUT2D eigenvalue weighted by Gasteiger charge is -2.08. The number of para-hydroxylation sites is 2. The molecule has 0 unspecified atom stereocenters. The van der Waals surface area contributed by atoms with Gasteiger partial charge in [-0.2, -0.15) is 0 Å². The molecule has 0 aliphatic heterocycles. The van der Waals surface area contributed by atoms with E-state index in [9.17, 15) is 4.79 Å². The Hall–Kier alpha value is -3.92. The summed E-state index contributed by atoms with van der Waals surface area (Å²) in [6, 6.07) is 28.0. The van der Waals surface area contributed by atoms with Gasteiger partial charge in [-0.3, -0.25) is 0 Å². The van der Waals surface area contributed by atoms with Crippen LogP contribution < -0.4 is 0 Å². The first-order valence-corrected chi connectivity index (χ1v) is 9.44. The predicted molar refractivity (Wildman–Crippen MR) is 115 cm³/mol. The van der Waals surface area contributed by atoms with Crippen molar-refractivity contribution >= 4 is 27.8 Å². The molecule has 0 saturated carbocycles. The van der Waals surface area contributed by atoms with Gasteiger partial charge in [-0.25, -0.2) is 9.78 Å². The molecule has 0 spiro atoms. The summed E-state index contributed by atoms with van der Waals surface area (Å²) in [6.07, 6.45) is 1.89. The second-order valence-corrected chi connectivity index (χ2v) is 7.14. The van der Waals surface area contributed by atoms with Crippen molar-refractivity contribution in [2.45, 2.75) is 6.54 Å². The van der Waals surface area contributed by atoms with Crippen LogP contribution in [0, 0.1) is 0 Å². The number of carboxylic acid groups (broad SMARTS) is 1. The lowest BCUT2D eigenvalue weighted by Crippen LogP contribution is -1.97. The Kier molecular flexibility index (Phi) is 4.10. The van der Waals surface area contributed by atoms with E-state index < -0.39 is 5.97 Å². The van der Waals surface area contributed by atoms with Crippen LogP contribution in [0.5, 0.6) is 0 Å². The molecule has 0 fully saturated rings. The van der Waals surface area contributed by atoms with Crippen LogP contribution in [0.2, 0.25) is 0 Å². The van der Waals surface area contributed by atoms with Crippen molar-refractivity contribution in [1.29, 1.82) is 0 Å². The van der Waals surface area contributed by atoms with Crippen LogP contribution in [0.15, 0.2) is 91.3 Å². The Morgan fingerprint density at radius 3 is 2.38 bits per heavy atom. The number of imidazole rings is 1. The van der Waals surface area contributed by atoms with Crippen molar-refractivity contribution in [3.63, 3.8) is 0 Å². The Labute approximate surface area is 167 Å². The molecule has 1 aromatic heterocycles. The minimum Gasteiger partial charge on any atom is -0.478 e. The molecule has 0 saturated heterocycles. The molecule has 0 bridgehead atoms. The molecular formula is C25H18N2O2. The van der Waals surface area contributed by atoms with Crippen LogP contribution in [0.1, 0.15) is 15.9 Å². The number of hydrogen-bond acceptors (Lipinski definition) is 2. The molecule has 4 nitrogen and oxygen atoms in total. The molecule has 0 radical (unpaired) electrons. The van der Waals surface area contributed by atoms with Crippen molar-refractivity contribution in [2.75, 3.05) is 0 Å². The molecule has 4 aromatic carbocycles. The fourth-order valence-corrected chi connectivity index (χ4v) is 3.71. The Balaban J connectivity index is 1.45. The number of aromatic nitrogens is 2. The highest BCUT2D eigenvalue weighted by Crippen LogP contribution is 2.26. The predicted octanol–water partition coefficient (Wildman–Crippen LogP) is 5.60. The van der Waals surface area contributed by atoms with Gasteiger partial charge >= 0.3 is 5.97 Å². The maximum atomic E-state index is 11.0. The fraction of sp³-hybridized carbons (Fsp3) is 0.0400. The third-order valence-electron chi connectivity index (χ3n) is 5.25. The van der Waals surface area contributed by atoms with Gasteiger partial charge in [0.05, 0.1) is 22.9 Å². The van der Waals surface area contributed by atoms with Crippen molar-refractivity contribution in [2.24, 2.45) is 0 Å². The summed E-state index contributed by atoms with van der Waals surface area (Å²) < 4.78 is 2.16. The highest BCUT2D eigenvalue weighted by atomic mass is 16.4. The highest BCUT2D eigenvalue weighted by Gasteiger charge is 2.06. The summed E-state index contributed by atoms with van der Waals surface area (Å²) in [5, 5.41) is 11.4. The van der Waals surface area contributed by atoms with Crippen LogP contribution >= 0.6 is 0 Å². The summed E-state index contributed by atoms with van der Waals surface area (Å²) in [7, 11) is 0. The molecule has 4 heteroatoms. The van der Waals surface area contributed by atoms with E-state index in [4.69, 9.17) is 5.11 Å². The standard InChI is InChI=1S/C25H18N2O2/c28-25(29)19-9-7-18(8-10-19)21-12-11-20-13-17(5-6-22(20)14-21)15-27-16-26-23-3-1-2-4-24(23)27/h1-14,16H,15H2,(H,28,29). The SMILES string of the molecule is O=C(O)c1ccc(-c2ccc3cc(Cn4cnc5ccccc54)ccc3c2)cc1. The first-order valence-electron chi connectivity index (χ1n) is 9.44. The van der Waals surface area contributed by atoms with Gasteiger partial charge in [0.2, 0.25) is 0 Å². The molecule has 1 heterocycles. The van der Waals surface area contributed by atoms with Crippen molar-refractivity contribution < 1.29 is 9.90 Å². The highest BCUT2D eigenvalue weighted by molar-refractivity contribution is 5.90. The van der Waals surface area contributed by atoms with E-state index in [0.717, 1.165) is 34.1 Å². The van der Waals surface area contributed by atoms with Gasteiger partial charge in [-0.15, -0.1) is 0 Å². The Morgan fingerprint density at radius 2 is 1.55 bits per heavy atom. The number of aromatic carboxylic acids is 1. The number of rotatable bonds is 4. The smallest absolute Gasteiger partial charge is 0.335 e. The Bertz CT molecular complexity index is 1350. The van der Waals surface area contributed by atoms with Crippen LogP contribution in [0.4, 0.5) is 0 Å². The summed E-state index contributed by atoms with van der Waals surface area (Å²) in [6.45, 7) is 0.773. The number of benzene rings is 4. The first-order chi connectivity index (χ1) is 14.2. The van der Waals surface area contributed by atoms with E-state index in [2.05, 4.69) is 52.0 Å². The van der Waals surface area contributed by atoms with Crippen LogP contribution in [-0.2, 0) is 6.54 Å². The molecule has 0 aliphatic rings. The summed E-state index contributed by atoms with van der Waals surface area (Å²) >= 11 is 0. The minimum absolute atomic E-state index is 0.297. The maximum Gasteiger partial charge on any atom is 0.335 e. The minimum atomic E-state index is -0.909. The topological polar surface area (TPSA) is 55.1 Å². The summed E-state index contributed by atoms with van der Waals surface area (Å²) in [4.78, 5) is 15.5. The second-order valence-electron chi connectivity index (χ2n) is 7.14. The third kappa shape index (κ3) is 3.25. The molecule has 1 N–H and O–H groups in total. The van der Waals surface area contributed by atoms with Gasteiger partial charge in [0, 0.05) is 6.54 Å². The quantitative estimate of drug-likeness (QED) is 0.443. The van der Waals surface area contributed by atoms with Gasteiger partial charge in [-0.1, -0.05) is 48.5 Å². The van der Waals surface area contributed by atoms with Crippen LogP contribution in [0.25, 0.3) is 32.9 Å². The van der Waals surface area contributed by atoms with Gasteiger partial charge in [-0.05, 0) is 63.9 Å². The van der Waals surface area contributed by atoms with Crippen molar-refractivity contribution in [3.8, 4) is 11.1 Å². The van der Waals surface area contributed by atoms with Crippen molar-refractivity contribution in [3.05, 3.63) is 102 Å². The zero-order valence-corrected chi connectivity index (χ0v) is 15.6. The van der Waals surface area contributed by atoms with Crippen LogP contribution in [0.3, 0.4) is 0 Å². The summed E-state index contributed by atoms with van der Waals surface area (Å²) in [5.74, 6) is -0.909. The number of fused-ring (bicyclic) bond motifs is 2. The van der Waals surface area contributed by atoms with Gasteiger partial charge in [0.15, 0.2) is 0 Å². The van der Waals surface area contributed by atoms with E-state index in [1.807, 2.05) is 36.7 Å². The molecule has 0 amide bonds. The Morgan fingerprint density at radius 1 is 0.828 bits per heavy atom. The maximum absolute atomic E-state index is 11.0. The lowest BCUT2D eigenvalue weighted by molar-refractivity contribution is 0.0697. The zero-order valence-electron chi connectivity index (χ0n) is 15.6. The molecule has 0 aliphatic carbocycles. The van der Waals surface area contributed by atoms with E-state index in [1.54, 1.807) is 12.1 Å². The average molecular weight is 378 g/mol. The number of nitrogens with zero attached hydrogens (tertiary/aromatic N) is 2. The molecule has 140 valence electrons. The zero-order chi connectivity index (χ0) is 19.8. The average Bonchev–Trinajstić information content (AvgIpc) is 3.16. The number of carbonyl (C=O) groups is 1. The van der Waals surface area contributed by atoms with E-state index in [0.29, 0.717) is 5.56 Å². The lowest BCUT2D eigenvalue weighted by atomic mass is 9.99. The number of carboxylic acids is 1. The summed E-state index contributed by atoms with van der Waals surface area (Å²) in [5.41, 5.74) is 5.73. The first kappa shape index (κ1) is 17.2. The molecule has 29 heavy (non-hydrogen) atoms. The molecule has 0 atom stereocenters.